The van der Waals surface area contributed by atoms with Crippen LogP contribution in [0.15, 0.2) is 18.2 Å². The predicted molar refractivity (Wildman–Crippen MR) is 81.4 cm³/mol. The Kier molecular flexibility index (Phi) is 6.29. The molecule has 0 bridgehead atoms. The Balaban J connectivity index is 2.63. The molecule has 0 unspecified atom stereocenters. The SMILES string of the molecule is CC(C)N(CCC#N)CC(=O)Nc1ccc(N)cc1Cl. The van der Waals surface area contributed by atoms with Crippen LogP contribution in [0.4, 0.5) is 11.4 Å². The van der Waals surface area contributed by atoms with Gasteiger partial charge in [-0.15, -0.1) is 0 Å². The first-order valence-corrected chi connectivity index (χ1v) is 6.77. The van der Waals surface area contributed by atoms with Crippen LogP contribution < -0.4 is 11.1 Å². The van der Waals surface area contributed by atoms with Crippen LogP contribution in [0.2, 0.25) is 5.02 Å². The van der Waals surface area contributed by atoms with Crippen molar-refractivity contribution in [1.82, 2.24) is 4.90 Å². The van der Waals surface area contributed by atoms with Crippen LogP contribution in [0.5, 0.6) is 0 Å². The van der Waals surface area contributed by atoms with E-state index in [4.69, 9.17) is 22.6 Å². The fourth-order valence-corrected chi connectivity index (χ4v) is 1.96. The minimum Gasteiger partial charge on any atom is -0.399 e. The van der Waals surface area contributed by atoms with Gasteiger partial charge in [-0.2, -0.15) is 5.26 Å². The Bertz CT molecular complexity index is 510. The molecule has 0 aliphatic rings. The first-order valence-electron chi connectivity index (χ1n) is 6.40. The number of amides is 1. The normalized spacial score (nSPS) is 10.6. The van der Waals surface area contributed by atoms with Crippen LogP contribution in [0.3, 0.4) is 0 Å². The van der Waals surface area contributed by atoms with Gasteiger partial charge in [-0.25, -0.2) is 0 Å². The highest BCUT2D eigenvalue weighted by molar-refractivity contribution is 6.34. The van der Waals surface area contributed by atoms with Crippen molar-refractivity contribution in [3.63, 3.8) is 0 Å². The average Bonchev–Trinajstić information content (AvgIpc) is 2.37. The van der Waals surface area contributed by atoms with Gasteiger partial charge < -0.3 is 11.1 Å². The summed E-state index contributed by atoms with van der Waals surface area (Å²) in [5, 5.41) is 11.8. The van der Waals surface area contributed by atoms with Crippen molar-refractivity contribution in [2.45, 2.75) is 26.3 Å². The molecule has 0 spiro atoms. The summed E-state index contributed by atoms with van der Waals surface area (Å²) in [6, 6.07) is 7.21. The summed E-state index contributed by atoms with van der Waals surface area (Å²) in [5.41, 5.74) is 6.68. The van der Waals surface area contributed by atoms with E-state index in [1.165, 1.54) is 0 Å². The quantitative estimate of drug-likeness (QED) is 0.790. The molecule has 5 nitrogen and oxygen atoms in total. The Morgan fingerprint density at radius 1 is 1.55 bits per heavy atom. The van der Waals surface area contributed by atoms with Gasteiger partial charge in [-0.1, -0.05) is 11.6 Å². The molecule has 6 heteroatoms. The summed E-state index contributed by atoms with van der Waals surface area (Å²) in [5.74, 6) is -0.164. The molecular weight excluding hydrogens is 276 g/mol. The number of rotatable bonds is 6. The number of hydrogen-bond donors (Lipinski definition) is 2. The van der Waals surface area contributed by atoms with Crippen LogP contribution in [0.25, 0.3) is 0 Å². The number of nitrogen functional groups attached to an aromatic ring is 1. The Morgan fingerprint density at radius 2 is 2.25 bits per heavy atom. The molecule has 1 rings (SSSR count). The summed E-state index contributed by atoms with van der Waals surface area (Å²) in [7, 11) is 0. The van der Waals surface area contributed by atoms with Crippen LogP contribution >= 0.6 is 11.6 Å². The summed E-state index contributed by atoms with van der Waals surface area (Å²) >= 11 is 6.00. The lowest BCUT2D eigenvalue weighted by Gasteiger charge is -2.24. The molecule has 0 aromatic heterocycles. The highest BCUT2D eigenvalue weighted by Crippen LogP contribution is 2.23. The van der Waals surface area contributed by atoms with Gasteiger partial charge >= 0.3 is 0 Å². The number of nitrogens with zero attached hydrogens (tertiary/aromatic N) is 2. The van der Waals surface area contributed by atoms with Gasteiger partial charge in [0.2, 0.25) is 5.91 Å². The van der Waals surface area contributed by atoms with Crippen molar-refractivity contribution < 1.29 is 4.79 Å². The van der Waals surface area contributed by atoms with Gasteiger partial charge in [0.15, 0.2) is 0 Å². The largest absolute Gasteiger partial charge is 0.399 e. The molecule has 0 heterocycles. The molecule has 0 atom stereocenters. The molecule has 1 aromatic carbocycles. The van der Waals surface area contributed by atoms with Gasteiger partial charge in [0.1, 0.15) is 0 Å². The third-order valence-electron chi connectivity index (χ3n) is 2.86. The fourth-order valence-electron chi connectivity index (χ4n) is 1.72. The van der Waals surface area contributed by atoms with Crippen LogP contribution in [0, 0.1) is 11.3 Å². The third-order valence-corrected chi connectivity index (χ3v) is 3.17. The van der Waals surface area contributed by atoms with Crippen molar-refractivity contribution in [3.05, 3.63) is 23.2 Å². The lowest BCUT2D eigenvalue weighted by Crippen LogP contribution is -2.38. The van der Waals surface area contributed by atoms with E-state index in [0.29, 0.717) is 29.4 Å². The molecule has 20 heavy (non-hydrogen) atoms. The van der Waals surface area contributed by atoms with Crippen molar-refractivity contribution >= 4 is 28.9 Å². The second-order valence-electron chi connectivity index (χ2n) is 4.76. The van der Waals surface area contributed by atoms with E-state index in [9.17, 15) is 4.79 Å². The highest BCUT2D eigenvalue weighted by atomic mass is 35.5. The van der Waals surface area contributed by atoms with E-state index in [-0.39, 0.29) is 18.5 Å². The van der Waals surface area contributed by atoms with Crippen molar-refractivity contribution in [3.8, 4) is 6.07 Å². The van der Waals surface area contributed by atoms with Gasteiger partial charge in [0, 0.05) is 24.7 Å². The zero-order valence-electron chi connectivity index (χ0n) is 11.7. The monoisotopic (exact) mass is 294 g/mol. The standard InChI is InChI=1S/C14H19ClN4O/c1-10(2)19(7-3-6-16)9-14(20)18-13-5-4-11(17)8-12(13)15/h4-5,8,10H,3,7,9,17H2,1-2H3,(H,18,20). The number of halogens is 1. The summed E-state index contributed by atoms with van der Waals surface area (Å²) in [4.78, 5) is 13.9. The lowest BCUT2D eigenvalue weighted by atomic mass is 10.2. The molecule has 3 N–H and O–H groups in total. The van der Waals surface area contributed by atoms with E-state index in [2.05, 4.69) is 11.4 Å². The van der Waals surface area contributed by atoms with Crippen LogP contribution in [-0.2, 0) is 4.79 Å². The first-order chi connectivity index (χ1) is 9.43. The maximum absolute atomic E-state index is 12.0. The van der Waals surface area contributed by atoms with E-state index >= 15 is 0 Å². The maximum atomic E-state index is 12.0. The van der Waals surface area contributed by atoms with Crippen molar-refractivity contribution in [1.29, 1.82) is 5.26 Å². The van der Waals surface area contributed by atoms with Gasteiger partial charge in [0.05, 0.1) is 23.3 Å². The number of carbonyl (C=O) groups is 1. The summed E-state index contributed by atoms with van der Waals surface area (Å²) in [6.07, 6.45) is 0.397. The van der Waals surface area contributed by atoms with Crippen molar-refractivity contribution in [2.75, 3.05) is 24.1 Å². The van der Waals surface area contributed by atoms with Crippen LogP contribution in [0.1, 0.15) is 20.3 Å². The Morgan fingerprint density at radius 3 is 2.80 bits per heavy atom. The molecule has 0 fully saturated rings. The zero-order chi connectivity index (χ0) is 15.1. The highest BCUT2D eigenvalue weighted by Gasteiger charge is 2.14. The number of anilines is 2. The second-order valence-corrected chi connectivity index (χ2v) is 5.17. The summed E-state index contributed by atoms with van der Waals surface area (Å²) < 4.78 is 0. The number of carbonyl (C=O) groups excluding carboxylic acids is 1. The lowest BCUT2D eigenvalue weighted by molar-refractivity contribution is -0.117. The number of benzene rings is 1. The smallest absolute Gasteiger partial charge is 0.238 e. The summed E-state index contributed by atoms with van der Waals surface area (Å²) in [6.45, 7) is 4.76. The van der Waals surface area contributed by atoms with Gasteiger partial charge in [-0.3, -0.25) is 9.69 Å². The Labute approximate surface area is 124 Å². The zero-order valence-corrected chi connectivity index (χ0v) is 12.4. The molecule has 0 aliphatic carbocycles. The predicted octanol–water partition coefficient (Wildman–Crippen LogP) is 2.48. The molecule has 0 aliphatic heterocycles. The van der Waals surface area contributed by atoms with E-state index in [0.717, 1.165) is 0 Å². The molecular formula is C14H19ClN4O. The van der Waals surface area contributed by atoms with Gasteiger partial charge in [0.25, 0.3) is 0 Å². The van der Waals surface area contributed by atoms with Gasteiger partial charge in [-0.05, 0) is 32.0 Å². The van der Waals surface area contributed by atoms with Crippen LogP contribution in [-0.4, -0.2) is 29.9 Å². The number of nitrogens with two attached hydrogens (primary N) is 1. The number of nitrogens with one attached hydrogen (secondary N) is 1. The number of nitriles is 1. The Hall–Kier alpha value is -1.77. The van der Waals surface area contributed by atoms with E-state index in [1.807, 2.05) is 18.7 Å². The molecule has 0 saturated carbocycles. The minimum absolute atomic E-state index is 0.164. The second kappa shape index (κ2) is 7.73. The molecule has 0 radical (unpaired) electrons. The topological polar surface area (TPSA) is 82.2 Å². The molecule has 1 aromatic rings. The maximum Gasteiger partial charge on any atom is 0.238 e. The molecule has 1 amide bonds. The van der Waals surface area contributed by atoms with E-state index < -0.39 is 0 Å². The fraction of sp³-hybridized carbons (Fsp3) is 0.429. The number of hydrogen-bond acceptors (Lipinski definition) is 4. The molecule has 0 saturated heterocycles. The minimum atomic E-state index is -0.164. The first kappa shape index (κ1) is 16.3. The third kappa shape index (κ3) is 5.08. The average molecular weight is 295 g/mol. The molecule has 108 valence electrons. The van der Waals surface area contributed by atoms with E-state index in [1.54, 1.807) is 18.2 Å². The van der Waals surface area contributed by atoms with Crippen molar-refractivity contribution in [2.24, 2.45) is 0 Å².